The SMILES string of the molecule is CC(=O)O[C@@]12COC1CC[C@]1(C)C2[C@H](OC(=O)c2ccccc2)[C@]2(O)C[C@H](O)C(C)=C([C@H]3OC(C=O)O[C@H]31)C2(C)C. The quantitative estimate of drug-likeness (QED) is 0.315. The molecule has 6 rings (SSSR count). The van der Waals surface area contributed by atoms with Gasteiger partial charge in [-0.1, -0.05) is 39.0 Å². The molecule has 222 valence electrons. The van der Waals surface area contributed by atoms with Gasteiger partial charge in [0.1, 0.15) is 23.9 Å². The molecule has 2 bridgehead atoms. The maximum Gasteiger partial charge on any atom is 0.338 e. The Hall–Kier alpha value is -2.63. The third-order valence-corrected chi connectivity index (χ3v) is 10.7. The second-order valence-electron chi connectivity index (χ2n) is 13.0. The lowest BCUT2D eigenvalue weighted by atomic mass is 9.45. The van der Waals surface area contributed by atoms with Crippen molar-refractivity contribution in [1.29, 1.82) is 0 Å². The molecule has 0 spiro atoms. The van der Waals surface area contributed by atoms with E-state index >= 15 is 0 Å². The smallest absolute Gasteiger partial charge is 0.338 e. The standard InChI is InChI=1S/C31H38O10/c1-16-19(34)13-31(36)26(40-27(35)18-9-7-6-8-10-18)24-29(5,12-11-20-30(24,15-37-20)41-17(2)33)25-23(22(16)28(31,3)4)38-21(14-32)39-25/h6-10,14,19-21,23-26,34,36H,11-13,15H2,1-5H3/t19-,20?,21?,23+,24?,25+,26-,29+,30-,31+/m0/s1. The summed E-state index contributed by atoms with van der Waals surface area (Å²) in [7, 11) is 0. The lowest BCUT2D eigenvalue weighted by Gasteiger charge is -2.68. The summed E-state index contributed by atoms with van der Waals surface area (Å²) in [4.78, 5) is 38.4. The van der Waals surface area contributed by atoms with E-state index in [4.69, 9.17) is 23.7 Å². The van der Waals surface area contributed by atoms with Crippen LogP contribution in [-0.2, 0) is 33.3 Å². The molecule has 1 aromatic rings. The minimum absolute atomic E-state index is 0.0348. The van der Waals surface area contributed by atoms with Crippen LogP contribution in [0.25, 0.3) is 0 Å². The van der Waals surface area contributed by atoms with Gasteiger partial charge in [0, 0.05) is 24.2 Å². The summed E-state index contributed by atoms with van der Waals surface area (Å²) in [6, 6.07) is 8.47. The Morgan fingerprint density at radius 3 is 2.44 bits per heavy atom. The van der Waals surface area contributed by atoms with Crippen molar-refractivity contribution in [1.82, 2.24) is 0 Å². The molecule has 0 amide bonds. The van der Waals surface area contributed by atoms with Gasteiger partial charge in [0.15, 0.2) is 11.9 Å². The van der Waals surface area contributed by atoms with Crippen LogP contribution >= 0.6 is 0 Å². The Morgan fingerprint density at radius 2 is 1.83 bits per heavy atom. The van der Waals surface area contributed by atoms with E-state index in [9.17, 15) is 24.6 Å². The summed E-state index contributed by atoms with van der Waals surface area (Å²) in [6.45, 7) is 8.76. The monoisotopic (exact) mass is 570 g/mol. The lowest BCUT2D eigenvalue weighted by molar-refractivity contribution is -0.345. The van der Waals surface area contributed by atoms with Crippen LogP contribution in [-0.4, -0.2) is 83.1 Å². The van der Waals surface area contributed by atoms with E-state index < -0.39 is 76.7 Å². The zero-order valence-corrected chi connectivity index (χ0v) is 24.0. The molecule has 2 heterocycles. The number of fused-ring (bicyclic) bond motifs is 8. The fourth-order valence-electron chi connectivity index (χ4n) is 8.59. The van der Waals surface area contributed by atoms with E-state index in [2.05, 4.69) is 0 Å². The number of aliphatic hydroxyl groups is 2. The molecule has 4 fully saturated rings. The van der Waals surface area contributed by atoms with E-state index in [0.717, 1.165) is 0 Å². The first kappa shape index (κ1) is 28.5. The summed E-state index contributed by atoms with van der Waals surface area (Å²) in [5.74, 6) is -2.02. The maximum atomic E-state index is 13.8. The largest absolute Gasteiger partial charge is 0.455 e. The predicted octanol–water partition coefficient (Wildman–Crippen LogP) is 2.49. The first-order valence-corrected chi connectivity index (χ1v) is 14.2. The van der Waals surface area contributed by atoms with Crippen molar-refractivity contribution < 1.29 is 48.3 Å². The van der Waals surface area contributed by atoms with Gasteiger partial charge in [0.05, 0.1) is 30.3 Å². The van der Waals surface area contributed by atoms with Crippen molar-refractivity contribution in [3.05, 3.63) is 47.0 Å². The fraction of sp³-hybridized carbons (Fsp3) is 0.645. The molecule has 3 aliphatic carbocycles. The first-order valence-electron chi connectivity index (χ1n) is 14.2. The topological polar surface area (TPSA) is 138 Å². The van der Waals surface area contributed by atoms with E-state index in [1.165, 1.54) is 6.92 Å². The highest BCUT2D eigenvalue weighted by molar-refractivity contribution is 5.89. The molecule has 0 aromatic heterocycles. The summed E-state index contributed by atoms with van der Waals surface area (Å²) in [5.41, 5.74) is -3.61. The van der Waals surface area contributed by atoms with Crippen LogP contribution in [0.5, 0.6) is 0 Å². The van der Waals surface area contributed by atoms with Crippen LogP contribution in [0.1, 0.15) is 64.2 Å². The molecule has 1 aromatic carbocycles. The lowest BCUT2D eigenvalue weighted by Crippen LogP contribution is -2.79. The zero-order valence-electron chi connectivity index (χ0n) is 24.0. The van der Waals surface area contributed by atoms with E-state index in [1.54, 1.807) is 37.3 Å². The molecule has 0 radical (unpaired) electrons. The normalized spacial score (nSPS) is 44.2. The van der Waals surface area contributed by atoms with E-state index in [-0.39, 0.29) is 13.0 Å². The Balaban J connectivity index is 1.62. The van der Waals surface area contributed by atoms with Gasteiger partial charge < -0.3 is 33.9 Å². The van der Waals surface area contributed by atoms with Gasteiger partial charge in [-0.15, -0.1) is 0 Å². The van der Waals surface area contributed by atoms with Gasteiger partial charge >= 0.3 is 11.9 Å². The predicted molar refractivity (Wildman–Crippen MR) is 142 cm³/mol. The Morgan fingerprint density at radius 1 is 1.12 bits per heavy atom. The summed E-state index contributed by atoms with van der Waals surface area (Å²) in [5, 5.41) is 24.3. The maximum absolute atomic E-state index is 13.8. The van der Waals surface area contributed by atoms with Gasteiger partial charge in [0.25, 0.3) is 0 Å². The number of hydrogen-bond acceptors (Lipinski definition) is 10. The second kappa shape index (κ2) is 9.44. The summed E-state index contributed by atoms with van der Waals surface area (Å²) >= 11 is 0. The minimum Gasteiger partial charge on any atom is -0.455 e. The van der Waals surface area contributed by atoms with Crippen molar-refractivity contribution in [2.75, 3.05) is 6.61 Å². The summed E-state index contributed by atoms with van der Waals surface area (Å²) < 4.78 is 31.0. The van der Waals surface area contributed by atoms with Crippen LogP contribution in [0.2, 0.25) is 0 Å². The average Bonchev–Trinajstić information content (AvgIpc) is 3.34. The van der Waals surface area contributed by atoms with E-state index in [0.29, 0.717) is 35.8 Å². The fourth-order valence-corrected chi connectivity index (χ4v) is 8.59. The van der Waals surface area contributed by atoms with Crippen molar-refractivity contribution in [3.8, 4) is 0 Å². The van der Waals surface area contributed by atoms with Gasteiger partial charge in [-0.05, 0) is 43.0 Å². The number of ether oxygens (including phenoxy) is 5. The molecule has 2 aliphatic heterocycles. The number of esters is 2. The van der Waals surface area contributed by atoms with Crippen molar-refractivity contribution in [2.24, 2.45) is 16.7 Å². The van der Waals surface area contributed by atoms with Crippen molar-refractivity contribution in [3.63, 3.8) is 0 Å². The number of aldehydes is 1. The number of carbonyl (C=O) groups is 3. The molecule has 5 aliphatic rings. The number of carbonyl (C=O) groups excluding carboxylic acids is 3. The molecule has 2 N–H and O–H groups in total. The van der Waals surface area contributed by atoms with Gasteiger partial charge in [-0.25, -0.2) is 4.79 Å². The molecule has 2 saturated heterocycles. The zero-order chi connectivity index (χ0) is 29.5. The first-order chi connectivity index (χ1) is 19.3. The van der Waals surface area contributed by atoms with Crippen LogP contribution in [0, 0.1) is 16.7 Å². The number of benzene rings is 1. The average molecular weight is 571 g/mol. The number of rotatable bonds is 4. The Bertz CT molecular complexity index is 1290. The molecule has 41 heavy (non-hydrogen) atoms. The third-order valence-electron chi connectivity index (χ3n) is 10.7. The summed E-state index contributed by atoms with van der Waals surface area (Å²) in [6.07, 6.45) is -4.09. The molecule has 10 nitrogen and oxygen atoms in total. The second-order valence-corrected chi connectivity index (χ2v) is 13.0. The number of aliphatic hydroxyl groups excluding tert-OH is 1. The van der Waals surface area contributed by atoms with Crippen LogP contribution in [0.3, 0.4) is 0 Å². The van der Waals surface area contributed by atoms with Crippen LogP contribution in [0.4, 0.5) is 0 Å². The van der Waals surface area contributed by atoms with Gasteiger partial charge in [-0.3, -0.25) is 9.59 Å². The van der Waals surface area contributed by atoms with E-state index in [1.807, 2.05) is 20.8 Å². The highest BCUT2D eigenvalue weighted by atomic mass is 16.7. The Kier molecular flexibility index (Phi) is 6.56. The van der Waals surface area contributed by atoms with Crippen LogP contribution < -0.4 is 0 Å². The minimum atomic E-state index is -1.84. The Labute approximate surface area is 238 Å². The molecule has 2 saturated carbocycles. The number of hydrogen-bond donors (Lipinski definition) is 2. The molecular weight excluding hydrogens is 532 g/mol. The highest BCUT2D eigenvalue weighted by Crippen LogP contribution is 2.66. The van der Waals surface area contributed by atoms with Crippen molar-refractivity contribution >= 4 is 18.2 Å². The van der Waals surface area contributed by atoms with Gasteiger partial charge in [-0.2, -0.15) is 0 Å². The third kappa shape index (κ3) is 3.84. The van der Waals surface area contributed by atoms with Crippen molar-refractivity contribution in [2.45, 2.75) is 102 Å². The van der Waals surface area contributed by atoms with Crippen LogP contribution in [0.15, 0.2) is 41.5 Å². The molecule has 3 unspecified atom stereocenters. The molecule has 10 atom stereocenters. The highest BCUT2D eigenvalue weighted by Gasteiger charge is 2.77. The van der Waals surface area contributed by atoms with Gasteiger partial charge in [0.2, 0.25) is 6.29 Å². The molecule has 10 heteroatoms. The molecular formula is C31H38O10.